The Balaban J connectivity index is 2.85. The van der Waals surface area contributed by atoms with Crippen molar-refractivity contribution < 1.29 is 13.2 Å². The number of hydrogen-bond acceptors (Lipinski definition) is 3. The first-order valence-corrected chi connectivity index (χ1v) is 8.94. The first-order chi connectivity index (χ1) is 9.29. The van der Waals surface area contributed by atoms with Crippen LogP contribution < -0.4 is 5.32 Å². The number of amides is 1. The molecular weight excluding hydrogens is 298 g/mol. The van der Waals surface area contributed by atoms with Crippen molar-refractivity contribution in [3.05, 3.63) is 29.3 Å². The highest BCUT2D eigenvalue weighted by molar-refractivity contribution is 8.13. The molecule has 0 atom stereocenters. The molecule has 0 unspecified atom stereocenters. The second-order valence-corrected chi connectivity index (χ2v) is 7.37. The summed E-state index contributed by atoms with van der Waals surface area (Å²) in [6, 6.07) is 4.25. The number of aryl methyl sites for hydroxylation is 1. The summed E-state index contributed by atoms with van der Waals surface area (Å²) < 4.78 is 22.4. The Morgan fingerprint density at radius 3 is 2.35 bits per heavy atom. The molecule has 0 aliphatic carbocycles. The number of hydrogen-bond donors (Lipinski definition) is 1. The van der Waals surface area contributed by atoms with Crippen LogP contribution in [-0.4, -0.2) is 20.9 Å². The topological polar surface area (TPSA) is 63.2 Å². The van der Waals surface area contributed by atoms with E-state index in [0.717, 1.165) is 12.8 Å². The van der Waals surface area contributed by atoms with Crippen LogP contribution in [0.5, 0.6) is 0 Å². The second kappa shape index (κ2) is 7.09. The molecule has 0 radical (unpaired) electrons. The van der Waals surface area contributed by atoms with E-state index in [9.17, 15) is 13.2 Å². The molecule has 6 heteroatoms. The Labute approximate surface area is 124 Å². The van der Waals surface area contributed by atoms with Crippen molar-refractivity contribution in [2.75, 3.05) is 6.54 Å². The Hall–Kier alpha value is -1.07. The van der Waals surface area contributed by atoms with Crippen molar-refractivity contribution in [1.29, 1.82) is 0 Å². The summed E-state index contributed by atoms with van der Waals surface area (Å²) in [4.78, 5) is 12.1. The molecule has 0 aliphatic heterocycles. The maximum atomic E-state index is 12.1. The molecule has 1 aromatic carbocycles. The van der Waals surface area contributed by atoms with E-state index in [1.165, 1.54) is 18.2 Å². The van der Waals surface area contributed by atoms with Crippen molar-refractivity contribution in [2.24, 2.45) is 5.92 Å². The standard InChI is InChI=1S/C14H20ClNO3S/c1-4-11(5-2)9-16-14(17)13-7-6-12(8-10(13)3)20(15,18)19/h6-8,11H,4-5,9H2,1-3H3,(H,16,17). The zero-order chi connectivity index (χ0) is 15.3. The van der Waals surface area contributed by atoms with Crippen LogP contribution >= 0.6 is 10.7 Å². The lowest BCUT2D eigenvalue weighted by Crippen LogP contribution is -2.29. The van der Waals surface area contributed by atoms with Gasteiger partial charge in [-0.25, -0.2) is 8.42 Å². The predicted octanol–water partition coefficient (Wildman–Crippen LogP) is 3.09. The van der Waals surface area contributed by atoms with Gasteiger partial charge in [0.25, 0.3) is 15.0 Å². The Morgan fingerprint density at radius 1 is 1.30 bits per heavy atom. The molecule has 1 aromatic rings. The van der Waals surface area contributed by atoms with Crippen molar-refractivity contribution in [3.63, 3.8) is 0 Å². The van der Waals surface area contributed by atoms with Crippen LogP contribution in [-0.2, 0) is 9.05 Å². The van der Waals surface area contributed by atoms with Crippen molar-refractivity contribution >= 4 is 25.6 Å². The average molecular weight is 318 g/mol. The molecule has 0 aromatic heterocycles. The maximum Gasteiger partial charge on any atom is 0.261 e. The summed E-state index contributed by atoms with van der Waals surface area (Å²) in [6.07, 6.45) is 2.03. The summed E-state index contributed by atoms with van der Waals surface area (Å²) >= 11 is 0. The molecule has 1 N–H and O–H groups in total. The van der Waals surface area contributed by atoms with Crippen LogP contribution in [0.3, 0.4) is 0 Å². The molecule has 0 aliphatic rings. The third-order valence-corrected chi connectivity index (χ3v) is 4.78. The average Bonchev–Trinajstić information content (AvgIpc) is 2.38. The fourth-order valence-electron chi connectivity index (χ4n) is 1.95. The molecule has 0 saturated heterocycles. The largest absolute Gasteiger partial charge is 0.352 e. The van der Waals surface area contributed by atoms with Gasteiger partial charge in [0, 0.05) is 22.8 Å². The first kappa shape index (κ1) is 17.0. The zero-order valence-electron chi connectivity index (χ0n) is 11.9. The third kappa shape index (κ3) is 4.49. The van der Waals surface area contributed by atoms with Gasteiger partial charge < -0.3 is 5.32 Å². The molecule has 1 rings (SSSR count). The van der Waals surface area contributed by atoms with Crippen LogP contribution in [0.1, 0.15) is 42.6 Å². The summed E-state index contributed by atoms with van der Waals surface area (Å²) in [7, 11) is 1.51. The highest BCUT2D eigenvalue weighted by atomic mass is 35.7. The van der Waals surface area contributed by atoms with E-state index in [0.29, 0.717) is 23.6 Å². The van der Waals surface area contributed by atoms with E-state index in [4.69, 9.17) is 10.7 Å². The van der Waals surface area contributed by atoms with Gasteiger partial charge in [0.05, 0.1) is 4.90 Å². The summed E-state index contributed by atoms with van der Waals surface area (Å²) in [6.45, 7) is 6.50. The summed E-state index contributed by atoms with van der Waals surface area (Å²) in [5.41, 5.74) is 1.06. The van der Waals surface area contributed by atoms with Crippen LogP contribution in [0.2, 0.25) is 0 Å². The van der Waals surface area contributed by atoms with Crippen LogP contribution in [0.25, 0.3) is 0 Å². The fourth-order valence-corrected chi connectivity index (χ4v) is 2.79. The molecule has 112 valence electrons. The van der Waals surface area contributed by atoms with Gasteiger partial charge in [0.2, 0.25) is 0 Å². The number of carbonyl (C=O) groups excluding carboxylic acids is 1. The lowest BCUT2D eigenvalue weighted by atomic mass is 10.0. The third-order valence-electron chi connectivity index (χ3n) is 3.43. The number of carbonyl (C=O) groups is 1. The minimum absolute atomic E-state index is 0.00760. The van der Waals surface area contributed by atoms with Crippen molar-refractivity contribution in [3.8, 4) is 0 Å². The number of benzene rings is 1. The number of nitrogens with one attached hydrogen (secondary N) is 1. The highest BCUT2D eigenvalue weighted by Crippen LogP contribution is 2.19. The minimum atomic E-state index is -3.76. The Kier molecular flexibility index (Phi) is 6.02. The van der Waals surface area contributed by atoms with Crippen LogP contribution in [0.4, 0.5) is 0 Å². The molecule has 0 heterocycles. The normalized spacial score (nSPS) is 11.7. The van der Waals surface area contributed by atoms with Gasteiger partial charge in [-0.05, 0) is 36.6 Å². The van der Waals surface area contributed by atoms with E-state index in [1.54, 1.807) is 6.92 Å². The molecule has 0 fully saturated rings. The van der Waals surface area contributed by atoms with E-state index in [-0.39, 0.29) is 10.8 Å². The van der Waals surface area contributed by atoms with E-state index >= 15 is 0 Å². The first-order valence-electron chi connectivity index (χ1n) is 6.63. The Morgan fingerprint density at radius 2 is 1.90 bits per heavy atom. The molecule has 1 amide bonds. The summed E-state index contributed by atoms with van der Waals surface area (Å²) in [5, 5.41) is 2.88. The molecular formula is C14H20ClNO3S. The molecule has 4 nitrogen and oxygen atoms in total. The lowest BCUT2D eigenvalue weighted by molar-refractivity contribution is 0.0945. The van der Waals surface area contributed by atoms with E-state index in [1.807, 2.05) is 0 Å². The maximum absolute atomic E-state index is 12.1. The second-order valence-electron chi connectivity index (χ2n) is 4.81. The monoisotopic (exact) mass is 317 g/mol. The van der Waals surface area contributed by atoms with Gasteiger partial charge >= 0.3 is 0 Å². The molecule has 0 saturated carbocycles. The molecule has 0 spiro atoms. The molecule has 0 bridgehead atoms. The fraction of sp³-hybridized carbons (Fsp3) is 0.500. The quantitative estimate of drug-likeness (QED) is 0.820. The van der Waals surface area contributed by atoms with Crippen LogP contribution in [0, 0.1) is 12.8 Å². The zero-order valence-corrected chi connectivity index (χ0v) is 13.5. The van der Waals surface area contributed by atoms with Gasteiger partial charge in [-0.2, -0.15) is 0 Å². The van der Waals surface area contributed by atoms with Crippen molar-refractivity contribution in [1.82, 2.24) is 5.32 Å². The minimum Gasteiger partial charge on any atom is -0.352 e. The smallest absolute Gasteiger partial charge is 0.261 e. The van der Waals surface area contributed by atoms with Gasteiger partial charge in [-0.3, -0.25) is 4.79 Å². The van der Waals surface area contributed by atoms with Crippen molar-refractivity contribution in [2.45, 2.75) is 38.5 Å². The molecule has 20 heavy (non-hydrogen) atoms. The van der Waals surface area contributed by atoms with E-state index < -0.39 is 9.05 Å². The highest BCUT2D eigenvalue weighted by Gasteiger charge is 2.15. The van der Waals surface area contributed by atoms with Gasteiger partial charge in [-0.1, -0.05) is 26.7 Å². The SMILES string of the molecule is CCC(CC)CNC(=O)c1ccc(S(=O)(=O)Cl)cc1C. The van der Waals surface area contributed by atoms with Gasteiger partial charge in [0.15, 0.2) is 0 Å². The van der Waals surface area contributed by atoms with Gasteiger partial charge in [-0.15, -0.1) is 0 Å². The van der Waals surface area contributed by atoms with Crippen LogP contribution in [0.15, 0.2) is 23.1 Å². The number of halogens is 1. The Bertz CT molecular complexity index is 580. The van der Waals surface area contributed by atoms with E-state index in [2.05, 4.69) is 19.2 Å². The number of rotatable bonds is 6. The summed E-state index contributed by atoms with van der Waals surface area (Å²) in [5.74, 6) is 0.273. The predicted molar refractivity (Wildman–Crippen MR) is 80.6 cm³/mol. The van der Waals surface area contributed by atoms with Gasteiger partial charge in [0.1, 0.15) is 0 Å². The lowest BCUT2D eigenvalue weighted by Gasteiger charge is -2.14.